The first kappa shape index (κ1) is 26.3. The Morgan fingerprint density at radius 3 is 1.80 bits per heavy atom. The van der Waals surface area contributed by atoms with Gasteiger partial charge in [0.1, 0.15) is 5.82 Å². The molecule has 0 spiro atoms. The van der Waals surface area contributed by atoms with E-state index in [1.165, 1.54) is 69.9 Å². The van der Waals surface area contributed by atoms with Crippen molar-refractivity contribution >= 4 is 0 Å². The first-order valence-corrected chi connectivity index (χ1v) is 10.9. The first-order valence-electron chi connectivity index (χ1n) is 10.9. The molecule has 1 heterocycles. The Morgan fingerprint density at radius 1 is 0.840 bits per heavy atom. The number of unbranched alkanes of at least 4 members (excludes halogenated alkanes) is 5. The normalized spacial score (nSPS) is 9.92. The zero-order valence-corrected chi connectivity index (χ0v) is 18.4. The molecule has 0 saturated carbocycles. The SMILES string of the molecule is CC.CCCCCC(C)CCCCC.CCCCc1ccnc(C)n1. The first-order chi connectivity index (χ1) is 12.1. The second-order valence-electron chi connectivity index (χ2n) is 6.80. The quantitative estimate of drug-likeness (QED) is 0.378. The van der Waals surface area contributed by atoms with Crippen LogP contribution in [0.5, 0.6) is 0 Å². The minimum atomic E-state index is 0.874. The van der Waals surface area contributed by atoms with Crippen LogP contribution in [0.3, 0.4) is 0 Å². The van der Waals surface area contributed by atoms with E-state index in [1.54, 1.807) is 0 Å². The van der Waals surface area contributed by atoms with Gasteiger partial charge in [0, 0.05) is 11.9 Å². The molecular weight excluding hydrogens is 304 g/mol. The van der Waals surface area contributed by atoms with E-state index >= 15 is 0 Å². The van der Waals surface area contributed by atoms with E-state index in [1.807, 2.05) is 33.0 Å². The summed E-state index contributed by atoms with van der Waals surface area (Å²) < 4.78 is 0. The molecule has 0 saturated heterocycles. The van der Waals surface area contributed by atoms with Gasteiger partial charge in [-0.15, -0.1) is 0 Å². The second-order valence-corrected chi connectivity index (χ2v) is 6.80. The number of nitrogens with zero attached hydrogens (tertiary/aromatic N) is 2. The van der Waals surface area contributed by atoms with Crippen molar-refractivity contribution in [1.82, 2.24) is 9.97 Å². The fourth-order valence-electron chi connectivity index (χ4n) is 2.63. The van der Waals surface area contributed by atoms with Gasteiger partial charge in [0.15, 0.2) is 0 Å². The molecule has 0 atom stereocenters. The van der Waals surface area contributed by atoms with Gasteiger partial charge in [-0.25, -0.2) is 9.97 Å². The monoisotopic (exact) mass is 350 g/mol. The number of aryl methyl sites for hydroxylation is 2. The van der Waals surface area contributed by atoms with E-state index in [0.717, 1.165) is 18.2 Å². The largest absolute Gasteiger partial charge is 0.242 e. The molecule has 0 aromatic carbocycles. The van der Waals surface area contributed by atoms with E-state index in [4.69, 9.17) is 0 Å². The standard InChI is InChI=1S/C12H26.C9H14N2.C2H6/c1-4-6-8-10-12(3)11-9-7-5-2;1-3-4-5-9-6-7-10-8(2)11-9;1-2/h12H,4-11H2,1-3H3;6-7H,3-5H2,1-2H3;1-2H3. The van der Waals surface area contributed by atoms with Crippen molar-refractivity contribution in [2.45, 2.75) is 119 Å². The number of aromatic nitrogens is 2. The molecule has 0 unspecified atom stereocenters. The molecule has 0 aliphatic rings. The number of hydrogen-bond donors (Lipinski definition) is 0. The van der Waals surface area contributed by atoms with Crippen molar-refractivity contribution < 1.29 is 0 Å². The Hall–Kier alpha value is -0.920. The van der Waals surface area contributed by atoms with Gasteiger partial charge >= 0.3 is 0 Å². The lowest BCUT2D eigenvalue weighted by Crippen LogP contribution is -1.94. The highest BCUT2D eigenvalue weighted by molar-refractivity contribution is 5.01. The Balaban J connectivity index is 0. The van der Waals surface area contributed by atoms with Crippen molar-refractivity contribution in [2.75, 3.05) is 0 Å². The lowest BCUT2D eigenvalue weighted by atomic mass is 9.97. The molecule has 0 aliphatic heterocycles. The molecule has 0 aliphatic carbocycles. The molecule has 148 valence electrons. The van der Waals surface area contributed by atoms with Crippen molar-refractivity contribution in [2.24, 2.45) is 5.92 Å². The van der Waals surface area contributed by atoms with Crippen LogP contribution in [0.15, 0.2) is 12.3 Å². The Bertz CT molecular complexity index is 353. The van der Waals surface area contributed by atoms with E-state index in [-0.39, 0.29) is 0 Å². The summed E-state index contributed by atoms with van der Waals surface area (Å²) in [5.74, 6) is 1.85. The summed E-state index contributed by atoms with van der Waals surface area (Å²) in [7, 11) is 0. The van der Waals surface area contributed by atoms with Crippen LogP contribution in [-0.2, 0) is 6.42 Å². The molecule has 1 rings (SSSR count). The van der Waals surface area contributed by atoms with Crippen LogP contribution in [0, 0.1) is 12.8 Å². The van der Waals surface area contributed by atoms with Crippen molar-refractivity contribution in [3.8, 4) is 0 Å². The Kier molecular flexibility index (Phi) is 22.2. The molecule has 2 nitrogen and oxygen atoms in total. The third kappa shape index (κ3) is 19.3. The molecule has 1 aromatic rings. The highest BCUT2D eigenvalue weighted by atomic mass is 14.9. The lowest BCUT2D eigenvalue weighted by Gasteiger charge is -2.09. The molecular formula is C23H46N2. The maximum atomic E-state index is 4.30. The number of hydrogen-bond acceptors (Lipinski definition) is 2. The van der Waals surface area contributed by atoms with Crippen LogP contribution in [0.2, 0.25) is 0 Å². The predicted octanol–water partition coefficient (Wildman–Crippen LogP) is 7.94. The lowest BCUT2D eigenvalue weighted by molar-refractivity contribution is 0.442. The van der Waals surface area contributed by atoms with Gasteiger partial charge in [-0.1, -0.05) is 99.3 Å². The van der Waals surface area contributed by atoms with Gasteiger partial charge in [0.05, 0.1) is 0 Å². The summed E-state index contributed by atoms with van der Waals surface area (Å²) >= 11 is 0. The van der Waals surface area contributed by atoms with E-state index in [9.17, 15) is 0 Å². The van der Waals surface area contributed by atoms with Crippen LogP contribution < -0.4 is 0 Å². The second kappa shape index (κ2) is 21.1. The minimum absolute atomic E-state index is 0.874. The van der Waals surface area contributed by atoms with Crippen LogP contribution in [0.4, 0.5) is 0 Å². The predicted molar refractivity (Wildman–Crippen MR) is 114 cm³/mol. The molecule has 25 heavy (non-hydrogen) atoms. The van der Waals surface area contributed by atoms with Crippen molar-refractivity contribution in [3.05, 3.63) is 23.8 Å². The molecule has 2 heteroatoms. The fraction of sp³-hybridized carbons (Fsp3) is 0.826. The summed E-state index contributed by atoms with van der Waals surface area (Å²) in [6, 6.07) is 1.99. The number of rotatable bonds is 11. The zero-order valence-electron chi connectivity index (χ0n) is 18.4. The third-order valence-electron chi connectivity index (χ3n) is 4.22. The maximum Gasteiger partial charge on any atom is 0.125 e. The summed E-state index contributed by atoms with van der Waals surface area (Å²) in [6.07, 6.45) is 16.7. The van der Waals surface area contributed by atoms with Crippen LogP contribution in [0.1, 0.15) is 117 Å². The van der Waals surface area contributed by atoms with Gasteiger partial charge < -0.3 is 0 Å². The van der Waals surface area contributed by atoms with Crippen LogP contribution in [0.25, 0.3) is 0 Å². The average molecular weight is 351 g/mol. The molecule has 0 radical (unpaired) electrons. The molecule has 0 N–H and O–H groups in total. The van der Waals surface area contributed by atoms with E-state index < -0.39 is 0 Å². The van der Waals surface area contributed by atoms with Crippen molar-refractivity contribution in [3.63, 3.8) is 0 Å². The Morgan fingerprint density at radius 2 is 1.36 bits per heavy atom. The molecule has 1 aromatic heterocycles. The average Bonchev–Trinajstić information content (AvgIpc) is 2.63. The van der Waals surface area contributed by atoms with E-state index in [0.29, 0.717) is 0 Å². The van der Waals surface area contributed by atoms with Gasteiger partial charge in [-0.2, -0.15) is 0 Å². The summed E-state index contributed by atoms with van der Waals surface area (Å²) in [6.45, 7) is 15.1. The topological polar surface area (TPSA) is 25.8 Å². The molecule has 0 bridgehead atoms. The fourth-order valence-corrected chi connectivity index (χ4v) is 2.63. The van der Waals surface area contributed by atoms with Gasteiger partial charge in [-0.3, -0.25) is 0 Å². The smallest absolute Gasteiger partial charge is 0.125 e. The Labute approximate surface area is 159 Å². The molecule has 0 amide bonds. The highest BCUT2D eigenvalue weighted by Gasteiger charge is 2.00. The van der Waals surface area contributed by atoms with Crippen LogP contribution >= 0.6 is 0 Å². The van der Waals surface area contributed by atoms with Gasteiger partial charge in [0.2, 0.25) is 0 Å². The van der Waals surface area contributed by atoms with E-state index in [2.05, 4.69) is 37.7 Å². The van der Waals surface area contributed by atoms with Gasteiger partial charge in [-0.05, 0) is 31.7 Å². The van der Waals surface area contributed by atoms with Crippen molar-refractivity contribution in [1.29, 1.82) is 0 Å². The summed E-state index contributed by atoms with van der Waals surface area (Å²) in [5, 5.41) is 0. The van der Waals surface area contributed by atoms with Gasteiger partial charge in [0.25, 0.3) is 0 Å². The van der Waals surface area contributed by atoms with Crippen LogP contribution in [-0.4, -0.2) is 9.97 Å². The zero-order chi connectivity index (χ0) is 19.3. The summed E-state index contributed by atoms with van der Waals surface area (Å²) in [4.78, 5) is 8.34. The summed E-state index contributed by atoms with van der Waals surface area (Å²) in [5.41, 5.74) is 1.17. The molecule has 0 fully saturated rings. The maximum absolute atomic E-state index is 4.30. The highest BCUT2D eigenvalue weighted by Crippen LogP contribution is 2.16. The third-order valence-corrected chi connectivity index (χ3v) is 4.22. The minimum Gasteiger partial charge on any atom is -0.242 e.